The van der Waals surface area contributed by atoms with E-state index in [-0.39, 0.29) is 18.2 Å². The third-order valence-electron chi connectivity index (χ3n) is 5.94. The van der Waals surface area contributed by atoms with Gasteiger partial charge in [0.15, 0.2) is 0 Å². The lowest BCUT2D eigenvalue weighted by Crippen LogP contribution is -2.56. The number of nitrogens with one attached hydrogen (secondary N) is 1. The number of benzene rings is 3. The summed E-state index contributed by atoms with van der Waals surface area (Å²) in [4.78, 5) is 29.3. The van der Waals surface area contributed by atoms with Gasteiger partial charge in [-0.2, -0.15) is 0 Å². The molecule has 2 amide bonds. The number of nitrogens with zero attached hydrogens (tertiary/aromatic N) is 2. The molecule has 4 rings (SSSR count). The van der Waals surface area contributed by atoms with Crippen LogP contribution in [-0.2, 0) is 22.7 Å². The van der Waals surface area contributed by atoms with Crippen LogP contribution in [0, 0.1) is 0 Å². The van der Waals surface area contributed by atoms with Gasteiger partial charge in [-0.3, -0.25) is 14.5 Å². The molecule has 0 bridgehead atoms. The minimum atomic E-state index is -0.455. The van der Waals surface area contributed by atoms with Crippen LogP contribution in [0.1, 0.15) is 17.5 Å². The van der Waals surface area contributed by atoms with Gasteiger partial charge in [0, 0.05) is 33.2 Å². The van der Waals surface area contributed by atoms with Gasteiger partial charge in [0.1, 0.15) is 0 Å². The summed E-state index contributed by atoms with van der Waals surface area (Å²) in [5.74, 6) is -0.0982. The van der Waals surface area contributed by atoms with Crippen molar-refractivity contribution in [3.63, 3.8) is 0 Å². The number of rotatable bonds is 7. The molecule has 1 N–H and O–H groups in total. The number of carbonyl (C=O) groups excluding carboxylic acids is 2. The molecule has 1 fully saturated rings. The Morgan fingerprint density at radius 2 is 1.53 bits per heavy atom. The molecule has 5 nitrogen and oxygen atoms in total. The number of amides is 2. The zero-order valence-corrected chi connectivity index (χ0v) is 18.4. The molecule has 0 radical (unpaired) electrons. The minimum absolute atomic E-state index is 0.0275. The second-order valence-electron chi connectivity index (χ2n) is 8.28. The van der Waals surface area contributed by atoms with E-state index >= 15 is 0 Å². The lowest BCUT2D eigenvalue weighted by molar-refractivity contribution is -0.138. The van der Waals surface area contributed by atoms with E-state index in [1.807, 2.05) is 48.5 Å². The normalized spacial score (nSPS) is 16.4. The molecule has 1 aliphatic heterocycles. The van der Waals surface area contributed by atoms with Gasteiger partial charge >= 0.3 is 0 Å². The summed E-state index contributed by atoms with van der Waals surface area (Å²) >= 11 is 0. The quantitative estimate of drug-likeness (QED) is 0.626. The first-order chi connectivity index (χ1) is 15.6. The van der Waals surface area contributed by atoms with E-state index in [0.29, 0.717) is 19.6 Å². The van der Waals surface area contributed by atoms with Crippen LogP contribution in [0.15, 0.2) is 84.9 Å². The third kappa shape index (κ3) is 5.42. The highest BCUT2D eigenvalue weighted by Gasteiger charge is 2.32. The summed E-state index contributed by atoms with van der Waals surface area (Å²) in [6, 6.07) is 28.1. The second kappa shape index (κ2) is 10.2. The predicted octanol–water partition coefficient (Wildman–Crippen LogP) is 3.70. The zero-order chi connectivity index (χ0) is 22.3. The molecule has 1 heterocycles. The molecule has 1 atom stereocenters. The number of carbonyl (C=O) groups is 2. The Balaban J connectivity index is 1.41. The summed E-state index contributed by atoms with van der Waals surface area (Å²) in [5, 5.41) is 2.92. The van der Waals surface area contributed by atoms with E-state index in [2.05, 4.69) is 46.6 Å². The van der Waals surface area contributed by atoms with Crippen molar-refractivity contribution in [2.24, 2.45) is 0 Å². The Morgan fingerprint density at radius 3 is 2.22 bits per heavy atom. The number of piperazine rings is 1. The lowest BCUT2D eigenvalue weighted by atomic mass is 10.0. The highest BCUT2D eigenvalue weighted by Crippen LogP contribution is 2.21. The van der Waals surface area contributed by atoms with Crippen LogP contribution in [-0.4, -0.2) is 47.8 Å². The highest BCUT2D eigenvalue weighted by molar-refractivity contribution is 5.88. The van der Waals surface area contributed by atoms with Crippen LogP contribution in [0.25, 0.3) is 11.1 Å². The average molecular weight is 428 g/mol. The van der Waals surface area contributed by atoms with Gasteiger partial charge in [0.2, 0.25) is 11.8 Å². The maximum atomic E-state index is 12.9. The standard InChI is InChI=1S/C27H29N3O2/c1-29(19-21-8-4-2-5-9-21)26(31)18-25-27(32)28-16-17-30(25)20-22-12-14-24(15-13-22)23-10-6-3-7-11-23/h2-15,25H,16-20H2,1H3,(H,28,32)/t25-/m1/s1. The van der Waals surface area contributed by atoms with Gasteiger partial charge in [0.25, 0.3) is 0 Å². The van der Waals surface area contributed by atoms with E-state index in [9.17, 15) is 9.59 Å². The highest BCUT2D eigenvalue weighted by atomic mass is 16.2. The van der Waals surface area contributed by atoms with Crippen molar-refractivity contribution >= 4 is 11.8 Å². The van der Waals surface area contributed by atoms with Crippen molar-refractivity contribution in [3.05, 3.63) is 96.1 Å². The monoisotopic (exact) mass is 427 g/mol. The van der Waals surface area contributed by atoms with E-state index < -0.39 is 6.04 Å². The van der Waals surface area contributed by atoms with Crippen molar-refractivity contribution in [1.29, 1.82) is 0 Å². The lowest BCUT2D eigenvalue weighted by Gasteiger charge is -2.35. The number of hydrogen-bond acceptors (Lipinski definition) is 3. The van der Waals surface area contributed by atoms with Gasteiger partial charge in [-0.1, -0.05) is 84.9 Å². The van der Waals surface area contributed by atoms with Crippen molar-refractivity contribution in [1.82, 2.24) is 15.1 Å². The van der Waals surface area contributed by atoms with Crippen LogP contribution in [0.3, 0.4) is 0 Å². The van der Waals surface area contributed by atoms with Crippen molar-refractivity contribution in [2.75, 3.05) is 20.1 Å². The van der Waals surface area contributed by atoms with E-state index in [0.717, 1.165) is 17.7 Å². The molecule has 3 aromatic carbocycles. The second-order valence-corrected chi connectivity index (χ2v) is 8.28. The molecule has 5 heteroatoms. The maximum Gasteiger partial charge on any atom is 0.237 e. The molecule has 0 aliphatic carbocycles. The van der Waals surface area contributed by atoms with Crippen LogP contribution in [0.5, 0.6) is 0 Å². The summed E-state index contributed by atoms with van der Waals surface area (Å²) in [7, 11) is 1.79. The summed E-state index contributed by atoms with van der Waals surface area (Å²) < 4.78 is 0. The fourth-order valence-electron chi connectivity index (χ4n) is 4.11. The maximum absolute atomic E-state index is 12.9. The molecule has 164 valence electrons. The van der Waals surface area contributed by atoms with Crippen molar-refractivity contribution in [2.45, 2.75) is 25.6 Å². The third-order valence-corrected chi connectivity index (χ3v) is 5.94. The summed E-state index contributed by atoms with van der Waals surface area (Å²) in [5.41, 5.74) is 4.56. The Bertz CT molecular complexity index is 1040. The average Bonchev–Trinajstić information content (AvgIpc) is 2.83. The first kappa shape index (κ1) is 21.8. The topological polar surface area (TPSA) is 52.7 Å². The van der Waals surface area contributed by atoms with Gasteiger partial charge < -0.3 is 10.2 Å². The smallest absolute Gasteiger partial charge is 0.237 e. The molecule has 0 aromatic heterocycles. The molecule has 32 heavy (non-hydrogen) atoms. The number of hydrogen-bond donors (Lipinski definition) is 1. The zero-order valence-electron chi connectivity index (χ0n) is 18.4. The Kier molecular flexibility index (Phi) is 6.97. The predicted molar refractivity (Wildman–Crippen MR) is 127 cm³/mol. The molecule has 3 aromatic rings. The Hall–Kier alpha value is -3.44. The first-order valence-corrected chi connectivity index (χ1v) is 11.0. The Labute approximate surface area is 189 Å². The van der Waals surface area contributed by atoms with Gasteiger partial charge in [-0.15, -0.1) is 0 Å². The van der Waals surface area contributed by atoms with Gasteiger partial charge in [0.05, 0.1) is 12.5 Å². The first-order valence-electron chi connectivity index (χ1n) is 11.0. The molecular weight excluding hydrogens is 398 g/mol. The largest absolute Gasteiger partial charge is 0.353 e. The summed E-state index contributed by atoms with van der Waals surface area (Å²) in [6.07, 6.45) is 0.178. The molecule has 0 saturated carbocycles. The van der Waals surface area contributed by atoms with E-state index in [1.165, 1.54) is 11.1 Å². The fourth-order valence-corrected chi connectivity index (χ4v) is 4.11. The van der Waals surface area contributed by atoms with Crippen LogP contribution >= 0.6 is 0 Å². The minimum Gasteiger partial charge on any atom is -0.353 e. The van der Waals surface area contributed by atoms with Crippen LogP contribution in [0.4, 0.5) is 0 Å². The van der Waals surface area contributed by atoms with E-state index in [4.69, 9.17) is 0 Å². The summed E-state index contributed by atoms with van der Waals surface area (Å²) in [6.45, 7) is 2.51. The molecule has 0 unspecified atom stereocenters. The molecule has 0 spiro atoms. The molecule has 1 saturated heterocycles. The van der Waals surface area contributed by atoms with Crippen LogP contribution < -0.4 is 5.32 Å². The fraction of sp³-hybridized carbons (Fsp3) is 0.259. The van der Waals surface area contributed by atoms with Gasteiger partial charge in [-0.25, -0.2) is 0 Å². The molecular formula is C27H29N3O2. The molecule has 1 aliphatic rings. The van der Waals surface area contributed by atoms with Gasteiger partial charge in [-0.05, 0) is 22.3 Å². The van der Waals surface area contributed by atoms with E-state index in [1.54, 1.807) is 11.9 Å². The van der Waals surface area contributed by atoms with Crippen molar-refractivity contribution in [3.8, 4) is 11.1 Å². The Morgan fingerprint density at radius 1 is 0.906 bits per heavy atom. The SMILES string of the molecule is CN(Cc1ccccc1)C(=O)C[C@@H]1C(=O)NCCN1Cc1ccc(-c2ccccc2)cc1. The van der Waals surface area contributed by atoms with Crippen molar-refractivity contribution < 1.29 is 9.59 Å². The van der Waals surface area contributed by atoms with Crippen LogP contribution in [0.2, 0.25) is 0 Å².